The molecule has 0 aliphatic heterocycles. The van der Waals surface area contributed by atoms with Crippen molar-refractivity contribution in [3.63, 3.8) is 0 Å². The standard InChI is InChI=1S/C21H22F2N2O/c1-4-8-16(5-2)25(6-3)17-13-11-15(12-14-17)24-21(26)20-18(22)9-7-10-19(20)23/h4-5,7-14H,6H2,1-3H3,(H,24,26)/b8-4+,16-5-. The summed E-state index contributed by atoms with van der Waals surface area (Å²) in [5.41, 5.74) is 1.88. The molecule has 0 aliphatic rings. The molecule has 1 amide bonds. The number of rotatable bonds is 6. The van der Waals surface area contributed by atoms with Gasteiger partial charge in [0.05, 0.1) is 0 Å². The summed E-state index contributed by atoms with van der Waals surface area (Å²) in [4.78, 5) is 14.3. The molecule has 3 nitrogen and oxygen atoms in total. The molecule has 26 heavy (non-hydrogen) atoms. The number of hydrogen-bond acceptors (Lipinski definition) is 2. The fourth-order valence-corrected chi connectivity index (χ4v) is 2.66. The maximum atomic E-state index is 13.7. The quantitative estimate of drug-likeness (QED) is 0.691. The highest BCUT2D eigenvalue weighted by Gasteiger charge is 2.17. The number of carbonyl (C=O) groups excluding carboxylic acids is 1. The fraction of sp³-hybridized carbons (Fsp3) is 0.190. The van der Waals surface area contributed by atoms with E-state index < -0.39 is 23.1 Å². The van der Waals surface area contributed by atoms with Crippen molar-refractivity contribution in [2.24, 2.45) is 0 Å². The van der Waals surface area contributed by atoms with Gasteiger partial charge in [-0.3, -0.25) is 4.79 Å². The van der Waals surface area contributed by atoms with Crippen LogP contribution in [0.5, 0.6) is 0 Å². The van der Waals surface area contributed by atoms with E-state index in [0.717, 1.165) is 30.1 Å². The van der Waals surface area contributed by atoms with Gasteiger partial charge in [0.25, 0.3) is 5.91 Å². The second-order valence-electron chi connectivity index (χ2n) is 5.56. The van der Waals surface area contributed by atoms with Gasteiger partial charge >= 0.3 is 0 Å². The van der Waals surface area contributed by atoms with E-state index in [9.17, 15) is 13.6 Å². The van der Waals surface area contributed by atoms with E-state index in [0.29, 0.717) is 5.69 Å². The number of likely N-dealkylation sites (N-methyl/N-ethyl adjacent to an activating group) is 1. The third kappa shape index (κ3) is 4.36. The van der Waals surface area contributed by atoms with Crippen LogP contribution >= 0.6 is 0 Å². The van der Waals surface area contributed by atoms with Crippen molar-refractivity contribution >= 4 is 17.3 Å². The largest absolute Gasteiger partial charge is 0.342 e. The second kappa shape index (κ2) is 8.94. The Balaban J connectivity index is 2.20. The van der Waals surface area contributed by atoms with E-state index in [1.165, 1.54) is 6.07 Å². The summed E-state index contributed by atoms with van der Waals surface area (Å²) in [6.45, 7) is 6.74. The van der Waals surface area contributed by atoms with Crippen molar-refractivity contribution < 1.29 is 13.6 Å². The van der Waals surface area contributed by atoms with Crippen LogP contribution in [0.2, 0.25) is 0 Å². The van der Waals surface area contributed by atoms with Crippen LogP contribution in [0, 0.1) is 11.6 Å². The van der Waals surface area contributed by atoms with Gasteiger partial charge in [0.2, 0.25) is 0 Å². The van der Waals surface area contributed by atoms with Gasteiger partial charge in [-0.2, -0.15) is 0 Å². The third-order valence-electron chi connectivity index (χ3n) is 3.89. The summed E-state index contributed by atoms with van der Waals surface area (Å²) in [5.74, 6) is -2.59. The van der Waals surface area contributed by atoms with E-state index in [4.69, 9.17) is 0 Å². The number of nitrogens with zero attached hydrogens (tertiary/aromatic N) is 1. The molecule has 136 valence electrons. The van der Waals surface area contributed by atoms with Gasteiger partial charge in [-0.15, -0.1) is 0 Å². The molecule has 2 rings (SSSR count). The Morgan fingerprint density at radius 1 is 1.08 bits per heavy atom. The van der Waals surface area contributed by atoms with Crippen LogP contribution in [0.25, 0.3) is 0 Å². The first-order valence-corrected chi connectivity index (χ1v) is 8.43. The number of nitrogens with one attached hydrogen (secondary N) is 1. The topological polar surface area (TPSA) is 32.3 Å². The molecule has 0 aliphatic carbocycles. The van der Waals surface area contributed by atoms with Crippen molar-refractivity contribution in [1.29, 1.82) is 0 Å². The Morgan fingerprint density at radius 2 is 1.69 bits per heavy atom. The lowest BCUT2D eigenvalue weighted by Gasteiger charge is -2.24. The highest BCUT2D eigenvalue weighted by Crippen LogP contribution is 2.23. The SMILES string of the molecule is C/C=C(/C=C/C)N(CC)c1ccc(NC(=O)c2c(F)cccc2F)cc1. The molecular formula is C21H22F2N2O. The molecule has 0 saturated heterocycles. The van der Waals surface area contributed by atoms with E-state index >= 15 is 0 Å². The van der Waals surface area contributed by atoms with Crippen LogP contribution in [-0.2, 0) is 0 Å². The molecule has 0 bridgehead atoms. The van der Waals surface area contributed by atoms with E-state index in [-0.39, 0.29) is 0 Å². The highest BCUT2D eigenvalue weighted by molar-refractivity contribution is 6.04. The van der Waals surface area contributed by atoms with Gasteiger partial charge in [0.15, 0.2) is 0 Å². The number of benzene rings is 2. The number of allylic oxidation sites excluding steroid dienone is 3. The van der Waals surface area contributed by atoms with Gasteiger partial charge in [0.1, 0.15) is 17.2 Å². The molecule has 0 saturated carbocycles. The highest BCUT2D eigenvalue weighted by atomic mass is 19.1. The molecule has 2 aromatic carbocycles. The van der Waals surface area contributed by atoms with E-state index in [1.54, 1.807) is 12.1 Å². The predicted molar refractivity (Wildman–Crippen MR) is 102 cm³/mol. The van der Waals surface area contributed by atoms with Crippen molar-refractivity contribution in [2.75, 3.05) is 16.8 Å². The van der Waals surface area contributed by atoms with Crippen LogP contribution in [-0.4, -0.2) is 12.5 Å². The van der Waals surface area contributed by atoms with Crippen molar-refractivity contribution in [3.05, 3.63) is 83.6 Å². The zero-order valence-electron chi connectivity index (χ0n) is 15.1. The zero-order chi connectivity index (χ0) is 19.1. The van der Waals surface area contributed by atoms with Gasteiger partial charge in [-0.05, 0) is 63.2 Å². The van der Waals surface area contributed by atoms with Crippen LogP contribution in [0.1, 0.15) is 31.1 Å². The van der Waals surface area contributed by atoms with Gasteiger partial charge in [0, 0.05) is 23.6 Å². The Morgan fingerprint density at radius 3 is 2.19 bits per heavy atom. The average Bonchev–Trinajstić information content (AvgIpc) is 2.62. The third-order valence-corrected chi connectivity index (χ3v) is 3.89. The normalized spacial score (nSPS) is 11.7. The Labute approximate surface area is 152 Å². The number of anilines is 2. The summed E-state index contributed by atoms with van der Waals surface area (Å²) in [7, 11) is 0. The Kier molecular flexibility index (Phi) is 6.67. The molecule has 0 aromatic heterocycles. The lowest BCUT2D eigenvalue weighted by Crippen LogP contribution is -2.21. The minimum Gasteiger partial charge on any atom is -0.342 e. The summed E-state index contributed by atoms with van der Waals surface area (Å²) in [5, 5.41) is 2.53. The van der Waals surface area contributed by atoms with Crippen LogP contribution in [0.15, 0.2) is 66.4 Å². The zero-order valence-corrected chi connectivity index (χ0v) is 15.1. The molecule has 2 aromatic rings. The van der Waals surface area contributed by atoms with Gasteiger partial charge in [-0.25, -0.2) is 8.78 Å². The molecule has 5 heteroatoms. The molecule has 1 N–H and O–H groups in total. The molecule has 0 atom stereocenters. The summed E-state index contributed by atoms with van der Waals surface area (Å²) >= 11 is 0. The van der Waals surface area contributed by atoms with Crippen LogP contribution in [0.3, 0.4) is 0 Å². The lowest BCUT2D eigenvalue weighted by molar-refractivity contribution is 0.101. The molecule has 0 spiro atoms. The average molecular weight is 356 g/mol. The van der Waals surface area contributed by atoms with E-state index in [2.05, 4.69) is 10.2 Å². The van der Waals surface area contributed by atoms with Crippen molar-refractivity contribution in [2.45, 2.75) is 20.8 Å². The summed E-state index contributed by atoms with van der Waals surface area (Å²) < 4.78 is 27.4. The fourth-order valence-electron chi connectivity index (χ4n) is 2.66. The minimum absolute atomic E-state index is 0.463. The monoisotopic (exact) mass is 356 g/mol. The van der Waals surface area contributed by atoms with Crippen LogP contribution < -0.4 is 10.2 Å². The number of halogens is 2. The van der Waals surface area contributed by atoms with Crippen molar-refractivity contribution in [3.8, 4) is 0 Å². The van der Waals surface area contributed by atoms with E-state index in [1.807, 2.05) is 51.1 Å². The van der Waals surface area contributed by atoms with Gasteiger partial charge in [-0.1, -0.05) is 18.2 Å². The number of carbonyl (C=O) groups is 1. The smallest absolute Gasteiger partial charge is 0.261 e. The lowest BCUT2D eigenvalue weighted by atomic mass is 10.1. The Bertz CT molecular complexity index is 806. The molecule has 0 fully saturated rings. The minimum atomic E-state index is -0.889. The second-order valence-corrected chi connectivity index (χ2v) is 5.56. The predicted octanol–water partition coefficient (Wildman–Crippen LogP) is 5.52. The van der Waals surface area contributed by atoms with Crippen LogP contribution in [0.4, 0.5) is 20.2 Å². The summed E-state index contributed by atoms with van der Waals surface area (Å²) in [6.07, 6.45) is 6.00. The summed E-state index contributed by atoms with van der Waals surface area (Å²) in [6, 6.07) is 10.4. The maximum Gasteiger partial charge on any atom is 0.261 e. The molecule has 0 radical (unpaired) electrons. The van der Waals surface area contributed by atoms with Crippen molar-refractivity contribution in [1.82, 2.24) is 0 Å². The molecular weight excluding hydrogens is 334 g/mol. The first kappa shape index (κ1) is 19.4. The number of hydrogen-bond donors (Lipinski definition) is 1. The number of amides is 1. The Hall–Kier alpha value is -2.95. The first-order valence-electron chi connectivity index (χ1n) is 8.43. The van der Waals surface area contributed by atoms with Gasteiger partial charge < -0.3 is 10.2 Å². The molecule has 0 unspecified atom stereocenters. The first-order chi connectivity index (χ1) is 12.5. The molecule has 0 heterocycles. The maximum absolute atomic E-state index is 13.7.